The van der Waals surface area contributed by atoms with Crippen LogP contribution < -0.4 is 10.2 Å². The van der Waals surface area contributed by atoms with E-state index in [0.29, 0.717) is 18.6 Å². The van der Waals surface area contributed by atoms with Crippen molar-refractivity contribution in [3.8, 4) is 0 Å². The number of aliphatic hydroxyl groups excluding tert-OH is 1. The molecule has 1 aromatic heterocycles. The number of aromatic nitrogens is 1. The smallest absolute Gasteiger partial charge is 0.151 e. The molecular weight excluding hydrogens is 266 g/mol. The lowest BCUT2D eigenvalue weighted by Crippen LogP contribution is -2.36. The van der Waals surface area contributed by atoms with Crippen LogP contribution in [0.2, 0.25) is 0 Å². The fraction of sp³-hybridized carbons (Fsp3) is 0.688. The Morgan fingerprint density at radius 1 is 1.33 bits per heavy atom. The van der Waals surface area contributed by atoms with Gasteiger partial charge in [0.2, 0.25) is 0 Å². The summed E-state index contributed by atoms with van der Waals surface area (Å²) in [6.45, 7) is 3.91. The summed E-state index contributed by atoms with van der Waals surface area (Å²) >= 11 is 0. The van der Waals surface area contributed by atoms with E-state index in [1.165, 1.54) is 0 Å². The van der Waals surface area contributed by atoms with E-state index >= 15 is 0 Å². The van der Waals surface area contributed by atoms with Crippen molar-refractivity contribution in [3.05, 3.63) is 18.3 Å². The van der Waals surface area contributed by atoms with Gasteiger partial charge < -0.3 is 20.1 Å². The van der Waals surface area contributed by atoms with Crippen LogP contribution in [0.4, 0.5) is 11.5 Å². The largest absolute Gasteiger partial charge is 0.396 e. The first-order valence-corrected chi connectivity index (χ1v) is 8.02. The van der Waals surface area contributed by atoms with E-state index in [1.54, 1.807) is 0 Å². The minimum absolute atomic E-state index is 0.306. The van der Waals surface area contributed by atoms with Crippen molar-refractivity contribution in [2.75, 3.05) is 43.1 Å². The van der Waals surface area contributed by atoms with Crippen LogP contribution in [-0.2, 0) is 4.74 Å². The van der Waals surface area contributed by atoms with Crippen LogP contribution >= 0.6 is 0 Å². The van der Waals surface area contributed by atoms with Gasteiger partial charge in [-0.05, 0) is 43.7 Å². The molecule has 0 radical (unpaired) electrons. The van der Waals surface area contributed by atoms with Crippen molar-refractivity contribution in [1.29, 1.82) is 0 Å². The van der Waals surface area contributed by atoms with Crippen LogP contribution in [-0.4, -0.2) is 49.0 Å². The van der Waals surface area contributed by atoms with E-state index in [1.807, 2.05) is 12.3 Å². The predicted molar refractivity (Wildman–Crippen MR) is 83.7 cm³/mol. The van der Waals surface area contributed by atoms with Gasteiger partial charge >= 0.3 is 0 Å². The summed E-state index contributed by atoms with van der Waals surface area (Å²) < 4.78 is 5.54. The summed E-state index contributed by atoms with van der Waals surface area (Å²) in [6.07, 6.45) is 6.21. The topological polar surface area (TPSA) is 57.6 Å². The minimum Gasteiger partial charge on any atom is -0.396 e. The molecule has 0 saturated carbocycles. The maximum Gasteiger partial charge on any atom is 0.151 e. The van der Waals surface area contributed by atoms with Crippen LogP contribution in [0.1, 0.15) is 25.7 Å². The average molecular weight is 291 g/mol. The van der Waals surface area contributed by atoms with Gasteiger partial charge in [-0.2, -0.15) is 0 Å². The first-order chi connectivity index (χ1) is 10.4. The number of nitrogens with zero attached hydrogens (tertiary/aromatic N) is 2. The van der Waals surface area contributed by atoms with Crippen molar-refractivity contribution in [1.82, 2.24) is 4.98 Å². The molecule has 2 saturated heterocycles. The molecule has 0 bridgehead atoms. The quantitative estimate of drug-likeness (QED) is 0.887. The number of pyridine rings is 1. The van der Waals surface area contributed by atoms with Crippen LogP contribution in [0, 0.1) is 5.92 Å². The Labute approximate surface area is 126 Å². The molecule has 21 heavy (non-hydrogen) atoms. The number of hydrogen-bond donors (Lipinski definition) is 2. The van der Waals surface area contributed by atoms with Crippen LogP contribution in [0.15, 0.2) is 18.3 Å². The summed E-state index contributed by atoms with van der Waals surface area (Å²) in [5.74, 6) is 1.49. The molecule has 2 fully saturated rings. The Morgan fingerprint density at radius 2 is 2.19 bits per heavy atom. The van der Waals surface area contributed by atoms with Gasteiger partial charge in [-0.3, -0.25) is 0 Å². The Bertz CT molecular complexity index is 441. The fourth-order valence-corrected chi connectivity index (χ4v) is 3.16. The zero-order chi connectivity index (χ0) is 14.5. The monoisotopic (exact) mass is 291 g/mol. The minimum atomic E-state index is 0.306. The molecule has 1 atom stereocenters. The average Bonchev–Trinajstić information content (AvgIpc) is 2.56. The molecule has 0 aromatic carbocycles. The molecular formula is C16H25N3O2. The van der Waals surface area contributed by atoms with Gasteiger partial charge in [-0.15, -0.1) is 0 Å². The van der Waals surface area contributed by atoms with Gasteiger partial charge in [0.15, 0.2) is 5.82 Å². The lowest BCUT2D eigenvalue weighted by molar-refractivity contribution is 0.0876. The Hall–Kier alpha value is -1.33. The normalized spacial score (nSPS) is 24.0. The highest BCUT2D eigenvalue weighted by Gasteiger charge is 2.22. The van der Waals surface area contributed by atoms with E-state index in [9.17, 15) is 5.11 Å². The third-order valence-corrected chi connectivity index (χ3v) is 4.48. The lowest BCUT2D eigenvalue weighted by atomic mass is 9.98. The Kier molecular flexibility index (Phi) is 4.93. The summed E-state index contributed by atoms with van der Waals surface area (Å²) in [5.41, 5.74) is 1.11. The van der Waals surface area contributed by atoms with E-state index in [-0.39, 0.29) is 0 Å². The highest BCUT2D eigenvalue weighted by molar-refractivity contribution is 5.66. The molecule has 1 unspecified atom stereocenters. The number of piperidine rings is 1. The van der Waals surface area contributed by atoms with E-state index in [4.69, 9.17) is 4.74 Å². The zero-order valence-corrected chi connectivity index (χ0v) is 12.5. The molecule has 3 heterocycles. The molecule has 2 aliphatic heterocycles. The van der Waals surface area contributed by atoms with Gasteiger partial charge in [0.25, 0.3) is 0 Å². The molecule has 2 N–H and O–H groups in total. The first-order valence-electron chi connectivity index (χ1n) is 8.02. The SMILES string of the molecule is OCC1CCN(c2ncccc2NC2CCCOC2)CC1. The van der Waals surface area contributed by atoms with Gasteiger partial charge in [0, 0.05) is 38.5 Å². The summed E-state index contributed by atoms with van der Waals surface area (Å²) in [6, 6.07) is 4.47. The van der Waals surface area contributed by atoms with Crippen LogP contribution in [0.3, 0.4) is 0 Å². The van der Waals surface area contributed by atoms with Crippen LogP contribution in [0.5, 0.6) is 0 Å². The van der Waals surface area contributed by atoms with E-state index < -0.39 is 0 Å². The van der Waals surface area contributed by atoms with Gasteiger partial charge in [0.05, 0.1) is 12.3 Å². The van der Waals surface area contributed by atoms with E-state index in [0.717, 1.165) is 63.5 Å². The molecule has 0 aliphatic carbocycles. The highest BCUT2D eigenvalue weighted by Crippen LogP contribution is 2.28. The molecule has 0 spiro atoms. The standard InChI is InChI=1S/C16H25N3O2/c20-11-13-5-8-19(9-6-13)16-15(4-1-7-17-16)18-14-3-2-10-21-12-14/h1,4,7,13-14,18,20H,2-3,5-6,8-12H2. The summed E-state index contributed by atoms with van der Waals surface area (Å²) in [5, 5.41) is 12.9. The molecule has 116 valence electrons. The Morgan fingerprint density at radius 3 is 2.90 bits per heavy atom. The van der Waals surface area contributed by atoms with Crippen molar-refractivity contribution < 1.29 is 9.84 Å². The number of nitrogens with one attached hydrogen (secondary N) is 1. The molecule has 5 heteroatoms. The summed E-state index contributed by atoms with van der Waals surface area (Å²) in [7, 11) is 0. The molecule has 3 rings (SSSR count). The second-order valence-corrected chi connectivity index (χ2v) is 6.05. The number of anilines is 2. The zero-order valence-electron chi connectivity index (χ0n) is 12.5. The maximum absolute atomic E-state index is 9.26. The molecule has 1 aromatic rings. The third kappa shape index (κ3) is 3.66. The van der Waals surface area contributed by atoms with Gasteiger partial charge in [-0.1, -0.05) is 0 Å². The number of ether oxygens (including phenoxy) is 1. The van der Waals surface area contributed by atoms with Crippen molar-refractivity contribution >= 4 is 11.5 Å². The van der Waals surface area contributed by atoms with Crippen molar-refractivity contribution in [2.24, 2.45) is 5.92 Å². The van der Waals surface area contributed by atoms with Gasteiger partial charge in [-0.25, -0.2) is 4.98 Å². The van der Waals surface area contributed by atoms with Gasteiger partial charge in [0.1, 0.15) is 0 Å². The molecule has 0 amide bonds. The van der Waals surface area contributed by atoms with E-state index in [2.05, 4.69) is 21.3 Å². The predicted octanol–water partition coefficient (Wildman–Crippen LogP) is 1.88. The lowest BCUT2D eigenvalue weighted by Gasteiger charge is -2.34. The summed E-state index contributed by atoms with van der Waals surface area (Å²) in [4.78, 5) is 6.91. The highest BCUT2D eigenvalue weighted by atomic mass is 16.5. The van der Waals surface area contributed by atoms with Crippen molar-refractivity contribution in [3.63, 3.8) is 0 Å². The third-order valence-electron chi connectivity index (χ3n) is 4.48. The fourth-order valence-electron chi connectivity index (χ4n) is 3.16. The molecule has 5 nitrogen and oxygen atoms in total. The van der Waals surface area contributed by atoms with Crippen molar-refractivity contribution in [2.45, 2.75) is 31.7 Å². The number of hydrogen-bond acceptors (Lipinski definition) is 5. The second kappa shape index (κ2) is 7.09. The van der Waals surface area contributed by atoms with Crippen LogP contribution in [0.25, 0.3) is 0 Å². The second-order valence-electron chi connectivity index (χ2n) is 6.05. The number of aliphatic hydroxyl groups is 1. The molecule has 2 aliphatic rings. The Balaban J connectivity index is 1.67. The first kappa shape index (κ1) is 14.6. The number of rotatable bonds is 4. The maximum atomic E-state index is 9.26.